The van der Waals surface area contributed by atoms with E-state index in [-0.39, 0.29) is 10.6 Å². The number of fused-ring (bicyclic) bond motifs is 1. The molecule has 0 bridgehead atoms. The van der Waals surface area contributed by atoms with Gasteiger partial charge in [-0.05, 0) is 24.3 Å². The van der Waals surface area contributed by atoms with Crippen molar-refractivity contribution in [2.24, 2.45) is 0 Å². The fourth-order valence-corrected chi connectivity index (χ4v) is 3.74. The molecule has 3 rings (SSSR count). The van der Waals surface area contributed by atoms with Gasteiger partial charge in [0.1, 0.15) is 10.6 Å². The molecule has 4 nitrogen and oxygen atoms in total. The molecule has 0 unspecified atom stereocenters. The second-order valence-corrected chi connectivity index (χ2v) is 6.77. The number of rotatable bonds is 3. The average Bonchev–Trinajstić information content (AvgIpc) is 2.94. The highest BCUT2D eigenvalue weighted by Gasteiger charge is 2.22. The van der Waals surface area contributed by atoms with Gasteiger partial charge in [-0.3, -0.25) is 4.79 Å². The van der Waals surface area contributed by atoms with E-state index in [1.54, 1.807) is 18.2 Å². The number of hydrogen-bond acceptors (Lipinski definition) is 4. The summed E-state index contributed by atoms with van der Waals surface area (Å²) in [6.07, 6.45) is 0. The molecule has 0 aliphatic rings. The van der Waals surface area contributed by atoms with Gasteiger partial charge in [0, 0.05) is 15.1 Å². The Morgan fingerprint density at radius 1 is 1.12 bits per heavy atom. The van der Waals surface area contributed by atoms with E-state index in [1.807, 2.05) is 18.2 Å². The van der Waals surface area contributed by atoms with Crippen LogP contribution in [0.4, 0.5) is 5.00 Å². The maximum atomic E-state index is 12.5. The van der Waals surface area contributed by atoms with Crippen molar-refractivity contribution >= 4 is 61.5 Å². The third kappa shape index (κ3) is 3.11. The van der Waals surface area contributed by atoms with E-state index < -0.39 is 11.9 Å². The number of thiophene rings is 1. The van der Waals surface area contributed by atoms with Gasteiger partial charge >= 0.3 is 5.97 Å². The minimum Gasteiger partial charge on any atom is -0.465 e. The fourth-order valence-electron chi connectivity index (χ4n) is 2.28. The number of methoxy groups -OCH3 is 1. The number of ether oxygens (including phenoxy) is 1. The van der Waals surface area contributed by atoms with Gasteiger partial charge in [0.2, 0.25) is 0 Å². The van der Waals surface area contributed by atoms with Gasteiger partial charge in [0.25, 0.3) is 5.91 Å². The summed E-state index contributed by atoms with van der Waals surface area (Å²) in [7, 11) is 1.30. The van der Waals surface area contributed by atoms with Crippen LogP contribution in [0.3, 0.4) is 0 Å². The number of nitrogens with one attached hydrogen (secondary N) is 1. The van der Waals surface area contributed by atoms with Crippen LogP contribution in [0, 0.1) is 0 Å². The third-order valence-corrected chi connectivity index (χ3v) is 5.04. The molecule has 7 heteroatoms. The Morgan fingerprint density at radius 2 is 1.88 bits per heavy atom. The zero-order valence-corrected chi connectivity index (χ0v) is 14.8. The second-order valence-electron chi connectivity index (χ2n) is 4.87. The van der Waals surface area contributed by atoms with Crippen LogP contribution < -0.4 is 5.32 Å². The molecule has 1 aromatic heterocycles. The number of carbonyl (C=O) groups is 2. The fraction of sp³-hybridized carbons (Fsp3) is 0.0588. The van der Waals surface area contributed by atoms with E-state index >= 15 is 0 Å². The lowest BCUT2D eigenvalue weighted by Gasteiger charge is -2.07. The lowest BCUT2D eigenvalue weighted by atomic mass is 10.1. The first-order valence-corrected chi connectivity index (χ1v) is 8.44. The van der Waals surface area contributed by atoms with Gasteiger partial charge in [-0.1, -0.05) is 41.4 Å². The number of anilines is 1. The third-order valence-electron chi connectivity index (χ3n) is 3.39. The Balaban J connectivity index is 2.05. The van der Waals surface area contributed by atoms with Crippen LogP contribution in [0.2, 0.25) is 10.0 Å². The van der Waals surface area contributed by atoms with Crippen molar-refractivity contribution in [3.63, 3.8) is 0 Å². The van der Waals surface area contributed by atoms with Crippen LogP contribution in [0.15, 0.2) is 42.5 Å². The number of halogens is 2. The van der Waals surface area contributed by atoms with Gasteiger partial charge in [0.05, 0.1) is 17.7 Å². The predicted molar refractivity (Wildman–Crippen MR) is 97.6 cm³/mol. The maximum Gasteiger partial charge on any atom is 0.341 e. The number of hydrogen-bond donors (Lipinski definition) is 1. The quantitative estimate of drug-likeness (QED) is 0.632. The summed E-state index contributed by atoms with van der Waals surface area (Å²) >= 11 is 13.3. The molecule has 0 spiro atoms. The molecule has 0 aliphatic heterocycles. The largest absolute Gasteiger partial charge is 0.465 e. The molecule has 2 aromatic carbocycles. The molecule has 1 N–H and O–H groups in total. The molecular formula is C17H11Cl2NO3S. The van der Waals surface area contributed by atoms with Crippen LogP contribution in [0.25, 0.3) is 10.1 Å². The summed E-state index contributed by atoms with van der Waals surface area (Å²) in [6, 6.07) is 12.0. The Kier molecular flexibility index (Phi) is 4.76. The zero-order valence-electron chi connectivity index (χ0n) is 12.4. The van der Waals surface area contributed by atoms with Crippen molar-refractivity contribution in [3.05, 3.63) is 63.6 Å². The van der Waals surface area contributed by atoms with Crippen LogP contribution in [-0.4, -0.2) is 19.0 Å². The van der Waals surface area contributed by atoms with E-state index in [1.165, 1.54) is 24.5 Å². The van der Waals surface area contributed by atoms with Gasteiger partial charge in [-0.25, -0.2) is 4.79 Å². The molecule has 1 amide bonds. The van der Waals surface area contributed by atoms with E-state index in [2.05, 4.69) is 5.32 Å². The first kappa shape index (κ1) is 16.8. The number of amides is 1. The highest BCUT2D eigenvalue weighted by molar-refractivity contribution is 7.23. The lowest BCUT2D eigenvalue weighted by Crippen LogP contribution is -2.14. The molecule has 122 valence electrons. The number of benzene rings is 2. The minimum absolute atomic E-state index is 0.234. The number of esters is 1. The van der Waals surface area contributed by atoms with E-state index in [9.17, 15) is 9.59 Å². The highest BCUT2D eigenvalue weighted by atomic mass is 35.5. The van der Waals surface area contributed by atoms with Crippen molar-refractivity contribution in [3.8, 4) is 0 Å². The van der Waals surface area contributed by atoms with E-state index in [4.69, 9.17) is 27.9 Å². The number of carbonyl (C=O) groups excluding carboxylic acids is 2. The maximum absolute atomic E-state index is 12.5. The molecule has 0 radical (unpaired) electrons. The monoisotopic (exact) mass is 379 g/mol. The van der Waals surface area contributed by atoms with Crippen molar-refractivity contribution < 1.29 is 14.3 Å². The van der Waals surface area contributed by atoms with Crippen molar-refractivity contribution in [2.45, 2.75) is 0 Å². The molecule has 24 heavy (non-hydrogen) atoms. The topological polar surface area (TPSA) is 55.4 Å². The Morgan fingerprint density at radius 3 is 2.62 bits per heavy atom. The zero-order chi connectivity index (χ0) is 17.3. The molecule has 0 fully saturated rings. The standard InChI is InChI=1S/C17H11Cl2NO3S/c1-23-17(22)14-10-4-2-3-5-13(10)24-16(14)20-15(21)11-8-9(18)6-7-12(11)19/h2-8H,1H3,(H,20,21). The Hall–Kier alpha value is -2.08. The molecule has 0 saturated carbocycles. The average molecular weight is 380 g/mol. The molecule has 3 aromatic rings. The minimum atomic E-state index is -0.514. The van der Waals surface area contributed by atoms with E-state index in [0.717, 1.165) is 10.1 Å². The van der Waals surface area contributed by atoms with E-state index in [0.29, 0.717) is 15.6 Å². The van der Waals surface area contributed by atoms with Gasteiger partial charge < -0.3 is 10.1 Å². The Labute approximate surface area is 151 Å². The molecular weight excluding hydrogens is 369 g/mol. The summed E-state index contributed by atoms with van der Waals surface area (Å²) in [5, 5.41) is 4.54. The summed E-state index contributed by atoms with van der Waals surface area (Å²) in [5.74, 6) is -0.959. The summed E-state index contributed by atoms with van der Waals surface area (Å²) in [4.78, 5) is 24.7. The van der Waals surface area contributed by atoms with Crippen molar-refractivity contribution in [1.82, 2.24) is 0 Å². The first-order chi connectivity index (χ1) is 11.5. The highest BCUT2D eigenvalue weighted by Crippen LogP contribution is 2.36. The predicted octanol–water partition coefficient (Wildman–Crippen LogP) is 5.25. The normalized spacial score (nSPS) is 10.6. The van der Waals surface area contributed by atoms with Crippen molar-refractivity contribution in [2.75, 3.05) is 12.4 Å². The lowest BCUT2D eigenvalue weighted by molar-refractivity contribution is 0.0604. The second kappa shape index (κ2) is 6.81. The van der Waals surface area contributed by atoms with Crippen LogP contribution in [-0.2, 0) is 4.74 Å². The summed E-state index contributed by atoms with van der Waals surface area (Å²) in [6.45, 7) is 0. The van der Waals surface area contributed by atoms with Gasteiger partial charge in [-0.15, -0.1) is 11.3 Å². The van der Waals surface area contributed by atoms with Gasteiger partial charge in [-0.2, -0.15) is 0 Å². The van der Waals surface area contributed by atoms with Crippen molar-refractivity contribution in [1.29, 1.82) is 0 Å². The summed E-state index contributed by atoms with van der Waals surface area (Å²) in [5.41, 5.74) is 0.557. The molecule has 0 aliphatic carbocycles. The SMILES string of the molecule is COC(=O)c1c(NC(=O)c2cc(Cl)ccc2Cl)sc2ccccc12. The van der Waals surface area contributed by atoms with Crippen LogP contribution in [0.5, 0.6) is 0 Å². The Bertz CT molecular complexity index is 952. The smallest absolute Gasteiger partial charge is 0.341 e. The first-order valence-electron chi connectivity index (χ1n) is 6.87. The van der Waals surface area contributed by atoms with Crippen LogP contribution >= 0.6 is 34.5 Å². The molecule has 0 atom stereocenters. The molecule has 0 saturated heterocycles. The van der Waals surface area contributed by atoms with Crippen LogP contribution in [0.1, 0.15) is 20.7 Å². The summed E-state index contributed by atoms with van der Waals surface area (Å²) < 4.78 is 5.71. The van der Waals surface area contributed by atoms with Gasteiger partial charge in [0.15, 0.2) is 0 Å². The molecule has 1 heterocycles.